The second-order valence-electron chi connectivity index (χ2n) is 5.67. The monoisotopic (exact) mass is 704 g/mol. The van der Waals surface area contributed by atoms with Crippen LogP contribution in [0.2, 0.25) is 0 Å². The second kappa shape index (κ2) is 8.58. The molecule has 0 amide bonds. The summed E-state index contributed by atoms with van der Waals surface area (Å²) in [4.78, 5) is 0. The molecule has 0 N–H and O–H groups in total. The first-order valence-electron chi connectivity index (χ1n) is 7.23. The van der Waals surface area contributed by atoms with E-state index in [1.165, 1.54) is 33.5 Å². The van der Waals surface area contributed by atoms with Crippen LogP contribution in [0.3, 0.4) is 0 Å². The summed E-state index contributed by atoms with van der Waals surface area (Å²) in [6.45, 7) is 5.29. The van der Waals surface area contributed by atoms with Crippen LogP contribution in [0.15, 0.2) is 30.5 Å². The second-order valence-corrected chi connectivity index (χ2v) is 10.9. The molecule has 3 nitrogen and oxygen atoms in total. The number of hydrogen-bond donors (Lipinski definition) is 0. The molecule has 6 heteroatoms. The number of rotatable bonds is 3. The van der Waals surface area contributed by atoms with E-state index in [2.05, 4.69) is 127 Å². The molecule has 1 fully saturated rings. The first kappa shape index (κ1) is 18.9. The molecule has 124 valence electrons. The summed E-state index contributed by atoms with van der Waals surface area (Å²) in [5, 5.41) is 0. The third-order valence-electron chi connectivity index (χ3n) is 3.55. The molecule has 0 saturated heterocycles. The number of imidazole rings is 1. The van der Waals surface area contributed by atoms with Crippen molar-refractivity contribution in [3.8, 4) is 0 Å². The fourth-order valence-corrected chi connectivity index (χ4v) is 4.04. The maximum absolute atomic E-state index is 2.43. The van der Waals surface area contributed by atoms with E-state index in [0.29, 0.717) is 0 Å². The van der Waals surface area contributed by atoms with Crippen LogP contribution in [0, 0.1) is 17.7 Å². The normalized spacial score (nSPS) is 14.0. The van der Waals surface area contributed by atoms with Crippen molar-refractivity contribution in [3.05, 3.63) is 51.1 Å². The predicted octanol–water partition coefficient (Wildman–Crippen LogP) is 5.05. The molecule has 2 aromatic rings. The summed E-state index contributed by atoms with van der Waals surface area (Å²) < 4.78 is 8.08. The Labute approximate surface area is 171 Å². The average Bonchev–Trinajstić information content (AvgIpc) is 3.22. The van der Waals surface area contributed by atoms with Gasteiger partial charge in [-0.15, -0.1) is 0 Å². The van der Waals surface area contributed by atoms with Gasteiger partial charge in [0.15, 0.2) is 0 Å². The number of hydrogen-bond acceptors (Lipinski definition) is 1. The van der Waals surface area contributed by atoms with Crippen LogP contribution in [0.1, 0.15) is 35.7 Å². The van der Waals surface area contributed by atoms with Crippen molar-refractivity contribution in [2.45, 2.75) is 39.3 Å². The molecule has 0 unspecified atom stereocenters. The quantitative estimate of drug-likeness (QED) is 0.323. The summed E-state index contributed by atoms with van der Waals surface area (Å²) in [5.74, 6) is 0. The van der Waals surface area contributed by atoms with Crippen molar-refractivity contribution < 1.29 is 19.4 Å². The zero-order valence-electron chi connectivity index (χ0n) is 13.0. The van der Waals surface area contributed by atoms with E-state index in [-0.39, 0.29) is 0 Å². The van der Waals surface area contributed by atoms with E-state index in [0.717, 1.165) is 12.6 Å². The van der Waals surface area contributed by atoms with Crippen LogP contribution >= 0.6 is 45.7 Å². The van der Waals surface area contributed by atoms with Gasteiger partial charge in [0.25, 0.3) is 0 Å². The van der Waals surface area contributed by atoms with Gasteiger partial charge in [-0.2, -0.15) is 1.33 Å². The molecule has 1 aromatic carbocycles. The standard InChI is InChI=1S/C8H9I2N.C8H12N2.Pt/c1-7-2-4-8(5-3-7)6-11(9)10;1-7-5-9(2)6-10(7)8-3-4-8;/h2-5H,6H2,1H3;5,8H,3-4H2,1-2H3;. The minimum atomic E-state index is 0.809. The van der Waals surface area contributed by atoms with Gasteiger partial charge in [-0.1, -0.05) is 29.8 Å². The maximum atomic E-state index is 2.43. The minimum absolute atomic E-state index is 0.809. The summed E-state index contributed by atoms with van der Waals surface area (Å²) in [5.41, 5.74) is 4.07. The SMILES string of the molecule is Cc1ccc(CN(I)I)cc1.Cc1cn(C)[c](=[Pt])n1C1CC1. The van der Waals surface area contributed by atoms with Crippen LogP contribution in [-0.2, 0) is 32.9 Å². The Balaban J connectivity index is 0.000000160. The van der Waals surface area contributed by atoms with Gasteiger partial charge in [-0.3, -0.25) is 0 Å². The van der Waals surface area contributed by atoms with E-state index < -0.39 is 0 Å². The van der Waals surface area contributed by atoms with Crippen molar-refractivity contribution in [1.29, 1.82) is 0 Å². The summed E-state index contributed by atoms with van der Waals surface area (Å²) >= 11 is 6.94. The van der Waals surface area contributed by atoms with E-state index in [1.54, 1.807) is 0 Å². The average molecular weight is 704 g/mol. The van der Waals surface area contributed by atoms with Crippen LogP contribution in [-0.4, -0.2) is 10.5 Å². The number of nitrogens with zero attached hydrogens (tertiary/aromatic N) is 3. The van der Waals surface area contributed by atoms with Crippen molar-refractivity contribution in [1.82, 2.24) is 10.5 Å². The van der Waals surface area contributed by atoms with E-state index in [4.69, 9.17) is 0 Å². The predicted molar refractivity (Wildman–Crippen MR) is 104 cm³/mol. The van der Waals surface area contributed by atoms with Crippen molar-refractivity contribution in [2.75, 3.05) is 0 Å². The molecule has 22 heavy (non-hydrogen) atoms. The number of aryl methyl sites for hydroxylation is 3. The fourth-order valence-electron chi connectivity index (χ4n) is 2.29. The van der Waals surface area contributed by atoms with Gasteiger partial charge in [0, 0.05) is 52.3 Å². The van der Waals surface area contributed by atoms with Gasteiger partial charge < -0.3 is 0 Å². The van der Waals surface area contributed by atoms with Crippen LogP contribution in [0.4, 0.5) is 0 Å². The van der Waals surface area contributed by atoms with Gasteiger partial charge >= 0.3 is 77.0 Å². The van der Waals surface area contributed by atoms with Crippen LogP contribution in [0.5, 0.6) is 0 Å². The molecular formula is C16H21I2N3Pt. The molecule has 1 aliphatic carbocycles. The van der Waals surface area contributed by atoms with Crippen LogP contribution < -0.4 is 0 Å². The third kappa shape index (κ3) is 5.56. The van der Waals surface area contributed by atoms with Gasteiger partial charge in [-0.05, 0) is 12.5 Å². The molecule has 0 atom stereocenters. The van der Waals surface area contributed by atoms with Crippen LogP contribution in [0.25, 0.3) is 0 Å². The molecule has 0 spiro atoms. The first-order valence-corrected chi connectivity index (χ1v) is 10.3. The first-order chi connectivity index (χ1) is 10.4. The molecule has 1 saturated carbocycles. The van der Waals surface area contributed by atoms with Gasteiger partial charge in [0.05, 0.1) is 0 Å². The molecule has 0 radical (unpaired) electrons. The topological polar surface area (TPSA) is 13.1 Å². The molecule has 3 rings (SSSR count). The summed E-state index contributed by atoms with van der Waals surface area (Å²) in [6, 6.07) is 9.43. The van der Waals surface area contributed by atoms with Gasteiger partial charge in [-0.25, -0.2) is 0 Å². The number of aromatic nitrogens is 2. The Morgan fingerprint density at radius 3 is 2.18 bits per heavy atom. The Bertz CT molecular complexity index is 670. The Kier molecular flexibility index (Phi) is 7.36. The van der Waals surface area contributed by atoms with Gasteiger partial charge in [0.1, 0.15) is 0 Å². The van der Waals surface area contributed by atoms with E-state index in [1.807, 2.05) is 0 Å². The third-order valence-corrected chi connectivity index (χ3v) is 5.58. The Hall–Kier alpha value is 0.538. The molecule has 1 heterocycles. The zero-order chi connectivity index (χ0) is 16.3. The zero-order valence-corrected chi connectivity index (χ0v) is 19.6. The molecule has 0 aliphatic heterocycles. The van der Waals surface area contributed by atoms with Crippen molar-refractivity contribution in [3.63, 3.8) is 0 Å². The fraction of sp³-hybridized carbons (Fsp3) is 0.438. The number of benzene rings is 1. The number of halogens is 2. The molecule has 1 aromatic heterocycles. The van der Waals surface area contributed by atoms with Crippen molar-refractivity contribution >= 4 is 45.7 Å². The molecule has 1 aliphatic rings. The Morgan fingerprint density at radius 1 is 1.18 bits per heavy atom. The summed E-state index contributed by atoms with van der Waals surface area (Å²) in [6.07, 6.45) is 4.93. The van der Waals surface area contributed by atoms with Gasteiger partial charge in [0.2, 0.25) is 0 Å². The molecule has 0 bridgehead atoms. The summed E-state index contributed by atoms with van der Waals surface area (Å²) in [7, 11) is 2.11. The Morgan fingerprint density at radius 2 is 1.77 bits per heavy atom. The molecular weight excluding hydrogens is 683 g/mol. The van der Waals surface area contributed by atoms with Crippen molar-refractivity contribution in [2.24, 2.45) is 7.05 Å². The van der Waals surface area contributed by atoms with E-state index >= 15 is 0 Å². The van der Waals surface area contributed by atoms with E-state index in [9.17, 15) is 0 Å².